The number of nitrogens with two attached hydrogens (primary N) is 1. The topological polar surface area (TPSA) is 90.0 Å². The van der Waals surface area contributed by atoms with E-state index in [4.69, 9.17) is 5.84 Å². The Labute approximate surface area is 165 Å². The van der Waals surface area contributed by atoms with Gasteiger partial charge in [-0.15, -0.1) is 11.3 Å². The zero-order valence-corrected chi connectivity index (χ0v) is 17.1. The van der Waals surface area contributed by atoms with Gasteiger partial charge < -0.3 is 11.2 Å². The van der Waals surface area contributed by atoms with Gasteiger partial charge in [0.1, 0.15) is 4.83 Å². The number of hydrogen-bond donors (Lipinski definition) is 2. The number of nitrogens with zero attached hydrogens (tertiary/aromatic N) is 2. The summed E-state index contributed by atoms with van der Waals surface area (Å²) in [5.74, 6) is 6.29. The van der Waals surface area contributed by atoms with Gasteiger partial charge in [0.2, 0.25) is 5.91 Å². The smallest absolute Gasteiger partial charge is 0.282 e. The number of rotatable bonds is 6. The van der Waals surface area contributed by atoms with E-state index in [9.17, 15) is 9.59 Å². The first-order chi connectivity index (χ1) is 12.9. The predicted molar refractivity (Wildman–Crippen MR) is 113 cm³/mol. The number of amides is 1. The number of carbonyl (C=O) groups excluding carboxylic acids is 1. The number of carbonyl (C=O) groups is 1. The molecule has 1 amide bonds. The van der Waals surface area contributed by atoms with Gasteiger partial charge in [0, 0.05) is 17.5 Å². The Morgan fingerprint density at radius 1 is 1.30 bits per heavy atom. The number of nitrogens with one attached hydrogen (secondary N) is 1. The number of thiophene rings is 1. The van der Waals surface area contributed by atoms with Gasteiger partial charge in [0.05, 0.1) is 10.6 Å². The molecule has 3 rings (SSSR count). The molecule has 1 atom stereocenters. The van der Waals surface area contributed by atoms with Crippen molar-refractivity contribution in [1.82, 2.24) is 15.0 Å². The summed E-state index contributed by atoms with van der Waals surface area (Å²) < 4.78 is 1.04. The van der Waals surface area contributed by atoms with Crippen molar-refractivity contribution in [2.45, 2.75) is 31.2 Å². The van der Waals surface area contributed by atoms with E-state index in [2.05, 4.69) is 10.3 Å². The minimum absolute atomic E-state index is 0.0980. The molecule has 0 saturated heterocycles. The van der Waals surface area contributed by atoms with Crippen molar-refractivity contribution in [3.63, 3.8) is 0 Å². The summed E-state index contributed by atoms with van der Waals surface area (Å²) in [6.45, 7) is 6.45. The second-order valence-corrected chi connectivity index (χ2v) is 8.83. The molecular weight excluding hydrogens is 380 g/mol. The quantitative estimate of drug-likeness (QED) is 0.376. The molecule has 0 radical (unpaired) electrons. The molecule has 0 saturated carbocycles. The molecule has 2 aromatic heterocycles. The monoisotopic (exact) mass is 402 g/mol. The molecule has 1 aromatic carbocycles. The fraction of sp³-hybridized carbons (Fsp3) is 0.316. The third-order valence-electron chi connectivity index (χ3n) is 4.03. The van der Waals surface area contributed by atoms with Crippen LogP contribution in [0, 0.1) is 5.92 Å². The Kier molecular flexibility index (Phi) is 5.86. The van der Waals surface area contributed by atoms with Crippen molar-refractivity contribution < 1.29 is 4.79 Å². The van der Waals surface area contributed by atoms with E-state index in [1.165, 1.54) is 23.1 Å². The zero-order valence-electron chi connectivity index (χ0n) is 15.4. The second kappa shape index (κ2) is 8.14. The maximum atomic E-state index is 12.9. The lowest BCUT2D eigenvalue weighted by Crippen LogP contribution is -2.35. The highest BCUT2D eigenvalue weighted by atomic mass is 32.2. The van der Waals surface area contributed by atoms with E-state index in [0.29, 0.717) is 27.8 Å². The molecule has 142 valence electrons. The van der Waals surface area contributed by atoms with Gasteiger partial charge in [-0.05, 0) is 18.4 Å². The predicted octanol–water partition coefficient (Wildman–Crippen LogP) is 3.09. The molecule has 6 nitrogen and oxygen atoms in total. The van der Waals surface area contributed by atoms with Gasteiger partial charge >= 0.3 is 0 Å². The van der Waals surface area contributed by atoms with Crippen molar-refractivity contribution in [1.29, 1.82) is 0 Å². The fourth-order valence-corrected chi connectivity index (χ4v) is 4.40. The van der Waals surface area contributed by atoms with Crippen molar-refractivity contribution >= 4 is 39.2 Å². The van der Waals surface area contributed by atoms with Crippen LogP contribution < -0.4 is 16.7 Å². The van der Waals surface area contributed by atoms with Crippen LogP contribution in [0.3, 0.4) is 0 Å². The molecule has 3 aromatic rings. The van der Waals surface area contributed by atoms with Crippen LogP contribution in [-0.2, 0) is 4.79 Å². The first-order valence-corrected chi connectivity index (χ1v) is 10.4. The first kappa shape index (κ1) is 19.4. The summed E-state index contributed by atoms with van der Waals surface area (Å²) in [4.78, 5) is 30.2. The van der Waals surface area contributed by atoms with Gasteiger partial charge in [-0.25, -0.2) is 9.66 Å². The summed E-state index contributed by atoms with van der Waals surface area (Å²) in [6.07, 6.45) is 0. The fourth-order valence-electron chi connectivity index (χ4n) is 2.56. The highest BCUT2D eigenvalue weighted by Crippen LogP contribution is 2.32. The molecule has 0 spiro atoms. The first-order valence-electron chi connectivity index (χ1n) is 8.67. The van der Waals surface area contributed by atoms with Crippen LogP contribution in [0.15, 0.2) is 45.7 Å². The standard InChI is InChI=1S/C19H22N4O2S2/c1-11(2)9-21-16(24)12(3)27-19-22-17-15(18(25)23(19)20)14(10-26-17)13-7-5-4-6-8-13/h4-8,10-12H,9,20H2,1-3H3,(H,21,24)/t12-/m1/s1. The van der Waals surface area contributed by atoms with E-state index >= 15 is 0 Å². The average Bonchev–Trinajstić information content (AvgIpc) is 3.08. The number of thioether (sulfide) groups is 1. The van der Waals surface area contributed by atoms with Gasteiger partial charge in [-0.2, -0.15) is 0 Å². The molecule has 0 bridgehead atoms. The molecule has 8 heteroatoms. The van der Waals surface area contributed by atoms with Gasteiger partial charge in [0.15, 0.2) is 5.16 Å². The van der Waals surface area contributed by atoms with E-state index in [0.717, 1.165) is 15.8 Å². The van der Waals surface area contributed by atoms with Crippen LogP contribution in [0.2, 0.25) is 0 Å². The molecule has 27 heavy (non-hydrogen) atoms. The van der Waals surface area contributed by atoms with Crippen LogP contribution in [0.1, 0.15) is 20.8 Å². The maximum absolute atomic E-state index is 12.9. The van der Waals surface area contributed by atoms with Gasteiger partial charge in [-0.3, -0.25) is 9.59 Å². The highest BCUT2D eigenvalue weighted by Gasteiger charge is 2.20. The lowest BCUT2D eigenvalue weighted by molar-refractivity contribution is -0.120. The summed E-state index contributed by atoms with van der Waals surface area (Å²) >= 11 is 2.59. The number of fused-ring (bicyclic) bond motifs is 1. The van der Waals surface area contributed by atoms with E-state index < -0.39 is 5.25 Å². The average molecular weight is 403 g/mol. The molecule has 2 heterocycles. The molecule has 0 fully saturated rings. The van der Waals surface area contributed by atoms with Crippen molar-refractivity contribution in [3.05, 3.63) is 46.1 Å². The third-order valence-corrected chi connectivity index (χ3v) is 5.97. The lowest BCUT2D eigenvalue weighted by Gasteiger charge is -2.14. The van der Waals surface area contributed by atoms with Gasteiger partial charge in [-0.1, -0.05) is 55.9 Å². The Hall–Kier alpha value is -2.32. The third kappa shape index (κ3) is 4.17. The van der Waals surface area contributed by atoms with Crippen LogP contribution >= 0.6 is 23.1 Å². The summed E-state index contributed by atoms with van der Waals surface area (Å²) in [5, 5.41) is 5.24. The highest BCUT2D eigenvalue weighted by molar-refractivity contribution is 8.00. The molecule has 3 N–H and O–H groups in total. The minimum atomic E-state index is -0.406. The lowest BCUT2D eigenvalue weighted by atomic mass is 10.1. The zero-order chi connectivity index (χ0) is 19.6. The minimum Gasteiger partial charge on any atom is -0.355 e. The van der Waals surface area contributed by atoms with Crippen LogP contribution in [0.5, 0.6) is 0 Å². The van der Waals surface area contributed by atoms with Crippen molar-refractivity contribution in [2.24, 2.45) is 5.92 Å². The molecule has 0 aliphatic carbocycles. The largest absolute Gasteiger partial charge is 0.355 e. The summed E-state index contributed by atoms with van der Waals surface area (Å²) in [7, 11) is 0. The van der Waals surface area contributed by atoms with Gasteiger partial charge in [0.25, 0.3) is 5.56 Å². The second-order valence-electron chi connectivity index (χ2n) is 6.66. The van der Waals surface area contributed by atoms with Crippen molar-refractivity contribution in [2.75, 3.05) is 12.4 Å². The summed E-state index contributed by atoms with van der Waals surface area (Å²) in [6, 6.07) is 9.68. The van der Waals surface area contributed by atoms with E-state index in [1.807, 2.05) is 49.6 Å². The molecule has 0 aliphatic heterocycles. The van der Waals surface area contributed by atoms with Crippen LogP contribution in [-0.4, -0.2) is 27.4 Å². The molecular formula is C19H22N4O2S2. The Balaban J connectivity index is 1.92. The Morgan fingerprint density at radius 2 is 2.00 bits per heavy atom. The van der Waals surface area contributed by atoms with Crippen molar-refractivity contribution in [3.8, 4) is 11.1 Å². The Morgan fingerprint density at radius 3 is 2.67 bits per heavy atom. The normalized spacial score (nSPS) is 12.4. The number of benzene rings is 1. The number of aromatic nitrogens is 2. The number of nitrogen functional groups attached to an aromatic ring is 1. The number of hydrogen-bond acceptors (Lipinski definition) is 6. The van der Waals surface area contributed by atoms with Crippen LogP contribution in [0.25, 0.3) is 21.3 Å². The Bertz CT molecular complexity index is 1010. The van der Waals surface area contributed by atoms with E-state index in [1.54, 1.807) is 6.92 Å². The van der Waals surface area contributed by atoms with Crippen LogP contribution in [0.4, 0.5) is 0 Å². The maximum Gasteiger partial charge on any atom is 0.282 e. The molecule has 0 aliphatic rings. The summed E-state index contributed by atoms with van der Waals surface area (Å²) in [5.41, 5.74) is 1.47. The molecule has 0 unspecified atom stereocenters. The SMILES string of the molecule is CC(C)CNC(=O)[C@@H](C)Sc1nc2scc(-c3ccccc3)c2c(=O)n1N. The van der Waals surface area contributed by atoms with E-state index in [-0.39, 0.29) is 11.5 Å².